The third kappa shape index (κ3) is 8.38. The summed E-state index contributed by atoms with van der Waals surface area (Å²) >= 11 is 0. The number of aliphatic hydroxyl groups is 1. The quantitative estimate of drug-likeness (QED) is 0.280. The third-order valence-electron chi connectivity index (χ3n) is 6.52. The number of carbonyl (C=O) groups is 2. The fourth-order valence-corrected chi connectivity index (χ4v) is 6.45. The maximum absolute atomic E-state index is 13.5. The Bertz CT molecular complexity index is 1200. The molecule has 0 aliphatic carbocycles. The highest BCUT2D eigenvalue weighted by Gasteiger charge is 2.45. The molecule has 3 heterocycles. The van der Waals surface area contributed by atoms with Gasteiger partial charge in [0.2, 0.25) is 0 Å². The van der Waals surface area contributed by atoms with E-state index in [2.05, 4.69) is 11.9 Å². The minimum absolute atomic E-state index is 0.0347. The van der Waals surface area contributed by atoms with Gasteiger partial charge in [-0.25, -0.2) is 14.7 Å². The number of unbranched alkanes of at least 4 members (excludes halogenated alkanes) is 2. The molecule has 2 aliphatic heterocycles. The summed E-state index contributed by atoms with van der Waals surface area (Å²) in [5.41, 5.74) is 0.535. The summed E-state index contributed by atoms with van der Waals surface area (Å²) in [6, 6.07) is 8.39. The molecule has 2 amide bonds. The first-order chi connectivity index (χ1) is 19.9. The minimum atomic E-state index is -1.25. The maximum atomic E-state index is 13.5. The van der Waals surface area contributed by atoms with Crippen LogP contribution >= 0.6 is 21.6 Å². The van der Waals surface area contributed by atoms with E-state index in [1.165, 1.54) is 22.8 Å². The van der Waals surface area contributed by atoms with Gasteiger partial charge in [0.25, 0.3) is 5.91 Å². The zero-order chi connectivity index (χ0) is 29.8. The second kappa shape index (κ2) is 16.3. The van der Waals surface area contributed by atoms with Crippen LogP contribution in [0.25, 0.3) is 0 Å². The second-order valence-corrected chi connectivity index (χ2v) is 12.0. The van der Waals surface area contributed by atoms with Crippen molar-refractivity contribution >= 4 is 45.4 Å². The molecule has 1 saturated heterocycles. The van der Waals surface area contributed by atoms with E-state index in [4.69, 9.17) is 23.8 Å². The van der Waals surface area contributed by atoms with Crippen LogP contribution in [0.3, 0.4) is 0 Å². The maximum Gasteiger partial charge on any atom is 0.416 e. The van der Waals surface area contributed by atoms with Crippen LogP contribution in [0.4, 0.5) is 10.5 Å². The number of benzene rings is 1. The minimum Gasteiger partial charge on any atom is -0.493 e. The molecule has 11 nitrogen and oxygen atoms in total. The molecule has 1 fully saturated rings. The van der Waals surface area contributed by atoms with Crippen molar-refractivity contribution < 1.29 is 38.5 Å². The number of rotatable bonds is 11. The largest absolute Gasteiger partial charge is 0.493 e. The summed E-state index contributed by atoms with van der Waals surface area (Å²) in [6.45, 7) is 5.18. The highest BCUT2D eigenvalue weighted by molar-refractivity contribution is 8.76. The van der Waals surface area contributed by atoms with Gasteiger partial charge in [0.15, 0.2) is 17.7 Å². The number of amides is 2. The van der Waals surface area contributed by atoms with Crippen molar-refractivity contribution in [2.45, 2.75) is 68.5 Å². The van der Waals surface area contributed by atoms with Crippen LogP contribution in [-0.2, 0) is 14.3 Å². The molecule has 0 spiro atoms. The van der Waals surface area contributed by atoms with Gasteiger partial charge in [0.05, 0.1) is 31.0 Å². The van der Waals surface area contributed by atoms with E-state index in [9.17, 15) is 14.7 Å². The van der Waals surface area contributed by atoms with Gasteiger partial charge in [-0.1, -0.05) is 36.6 Å². The average molecular weight is 606 g/mol. The normalized spacial score (nSPS) is 18.2. The lowest BCUT2D eigenvalue weighted by molar-refractivity contribution is -0.191. The van der Waals surface area contributed by atoms with E-state index in [-0.39, 0.29) is 35.2 Å². The van der Waals surface area contributed by atoms with Crippen LogP contribution in [0, 0.1) is 0 Å². The average Bonchev–Trinajstić information content (AvgIpc) is 3.45. The van der Waals surface area contributed by atoms with E-state index >= 15 is 0 Å². The van der Waals surface area contributed by atoms with Crippen molar-refractivity contribution in [3.63, 3.8) is 0 Å². The number of hydrogen-bond donors (Lipinski definition) is 1. The van der Waals surface area contributed by atoms with E-state index < -0.39 is 18.4 Å². The first kappa shape index (κ1) is 32.3. The highest BCUT2D eigenvalue weighted by Crippen LogP contribution is 2.41. The Morgan fingerprint density at radius 1 is 1.24 bits per heavy atom. The molecule has 2 unspecified atom stereocenters. The summed E-state index contributed by atoms with van der Waals surface area (Å²) in [5, 5.41) is 12.2. The van der Waals surface area contributed by atoms with Crippen molar-refractivity contribution in [3.05, 3.63) is 42.1 Å². The van der Waals surface area contributed by atoms with Crippen molar-refractivity contribution in [1.82, 2.24) is 9.88 Å². The summed E-state index contributed by atoms with van der Waals surface area (Å²) in [6.07, 6.45) is 4.31. The molecule has 2 aliphatic rings. The number of hydrogen-bond acceptors (Lipinski definition) is 11. The van der Waals surface area contributed by atoms with Gasteiger partial charge in [0.1, 0.15) is 11.6 Å². The van der Waals surface area contributed by atoms with Gasteiger partial charge in [-0.3, -0.25) is 4.79 Å². The molecular weight excluding hydrogens is 570 g/mol. The van der Waals surface area contributed by atoms with Gasteiger partial charge in [-0.15, -0.1) is 0 Å². The number of carbonyl (C=O) groups excluding carboxylic acids is 4. The Labute approximate surface area is 247 Å². The zero-order valence-corrected chi connectivity index (χ0v) is 24.9. The molecule has 0 bridgehead atoms. The Kier molecular flexibility index (Phi) is 12.8. The summed E-state index contributed by atoms with van der Waals surface area (Å²) in [5.74, 6) is 0.576. The van der Waals surface area contributed by atoms with E-state index in [1.807, 2.05) is 25.1 Å². The molecular formula is C28H35N3O8S2. The standard InChI is InChI=1S/C27H35N3O6S2.CO2/c1-4-5-8-14-35-23-16-21-19(15-22(23)34-3)25(31)29-13-9-10-20(29)26(32)30(21)27(33)36-17-18(2)37-38-24-11-6-7-12-28-24;2-1-3/h6-7,11-12,15-16,18,20,26,32H,4-5,8-10,13-14,17H2,1-3H3;/t18?,20-,26?;/m0./s1. The molecule has 13 heteroatoms. The lowest BCUT2D eigenvalue weighted by atomic mass is 10.1. The highest BCUT2D eigenvalue weighted by atomic mass is 33.1. The lowest BCUT2D eigenvalue weighted by Gasteiger charge is -2.32. The van der Waals surface area contributed by atoms with Crippen LogP contribution in [0.2, 0.25) is 0 Å². The molecule has 0 saturated carbocycles. The zero-order valence-electron chi connectivity index (χ0n) is 23.3. The number of pyridine rings is 1. The monoisotopic (exact) mass is 605 g/mol. The molecule has 1 N–H and O–H groups in total. The molecule has 222 valence electrons. The van der Waals surface area contributed by atoms with E-state index in [0.717, 1.165) is 30.7 Å². The van der Waals surface area contributed by atoms with E-state index in [1.54, 1.807) is 34.0 Å². The van der Waals surface area contributed by atoms with Crippen molar-refractivity contribution in [3.8, 4) is 11.5 Å². The molecule has 1 aromatic carbocycles. The summed E-state index contributed by atoms with van der Waals surface area (Å²) in [4.78, 5) is 50.4. The summed E-state index contributed by atoms with van der Waals surface area (Å²) in [7, 11) is 4.57. The molecule has 2 aromatic rings. The van der Waals surface area contributed by atoms with Crippen LogP contribution in [-0.4, -0.2) is 77.5 Å². The Hall–Kier alpha value is -3.25. The lowest BCUT2D eigenvalue weighted by Crippen LogP contribution is -2.51. The molecule has 41 heavy (non-hydrogen) atoms. The number of fused-ring (bicyclic) bond motifs is 2. The second-order valence-electron chi connectivity index (χ2n) is 9.39. The Morgan fingerprint density at radius 2 is 2.02 bits per heavy atom. The van der Waals surface area contributed by atoms with Crippen LogP contribution < -0.4 is 14.4 Å². The Balaban J connectivity index is 0.00000147. The van der Waals surface area contributed by atoms with Crippen molar-refractivity contribution in [2.24, 2.45) is 0 Å². The van der Waals surface area contributed by atoms with Gasteiger partial charge in [-0.2, -0.15) is 9.59 Å². The first-order valence-electron chi connectivity index (χ1n) is 13.4. The SMILES string of the molecule is CCCCCOc1cc2c(cc1OC)C(=O)N1CCC[C@H]1C(O)N2C(=O)OCC(C)SSc1ccccn1.O=C=O. The van der Waals surface area contributed by atoms with Crippen molar-refractivity contribution in [1.29, 1.82) is 0 Å². The number of aliphatic hydroxyl groups excluding tert-OH is 1. The smallest absolute Gasteiger partial charge is 0.416 e. The summed E-state index contributed by atoms with van der Waals surface area (Å²) < 4.78 is 17.2. The topological polar surface area (TPSA) is 136 Å². The van der Waals surface area contributed by atoms with Gasteiger partial charge in [0, 0.05) is 24.1 Å². The Morgan fingerprint density at radius 3 is 2.71 bits per heavy atom. The number of ether oxygens (including phenoxy) is 3. The molecule has 4 rings (SSSR count). The predicted molar refractivity (Wildman–Crippen MR) is 154 cm³/mol. The van der Waals surface area contributed by atoms with Crippen LogP contribution in [0.1, 0.15) is 56.3 Å². The first-order valence-corrected chi connectivity index (χ1v) is 15.6. The number of nitrogens with zero attached hydrogens (tertiary/aromatic N) is 3. The molecule has 3 atom stereocenters. The van der Waals surface area contributed by atoms with Crippen molar-refractivity contribution in [2.75, 3.05) is 31.8 Å². The number of anilines is 1. The fraction of sp³-hybridized carbons (Fsp3) is 0.500. The van der Waals surface area contributed by atoms with E-state index in [0.29, 0.717) is 31.1 Å². The number of aromatic nitrogens is 1. The molecule has 0 radical (unpaired) electrons. The number of methoxy groups -OCH3 is 1. The van der Waals surface area contributed by atoms with Gasteiger partial charge >= 0.3 is 12.2 Å². The predicted octanol–water partition coefficient (Wildman–Crippen LogP) is 4.78. The fourth-order valence-electron chi connectivity index (χ4n) is 4.57. The van der Waals surface area contributed by atoms with Crippen LogP contribution in [0.5, 0.6) is 11.5 Å². The van der Waals surface area contributed by atoms with Crippen LogP contribution in [0.15, 0.2) is 41.6 Å². The van der Waals surface area contributed by atoms with Gasteiger partial charge < -0.3 is 24.2 Å². The third-order valence-corrected chi connectivity index (χ3v) is 9.28. The van der Waals surface area contributed by atoms with Gasteiger partial charge in [-0.05, 0) is 55.2 Å². The molecule has 1 aromatic heterocycles.